The minimum Gasteiger partial charge on any atom is -0.489 e. The fourth-order valence-corrected chi connectivity index (χ4v) is 2.99. The molecule has 1 aromatic carbocycles. The summed E-state index contributed by atoms with van der Waals surface area (Å²) in [5.41, 5.74) is 2.51. The molecule has 0 unspecified atom stereocenters. The molecule has 25 heavy (non-hydrogen) atoms. The molecule has 1 amide bonds. The molecule has 0 N–H and O–H groups in total. The number of aromatic nitrogens is 1. The molecule has 6 nitrogen and oxygen atoms in total. The van der Waals surface area contributed by atoms with E-state index in [1.807, 2.05) is 43.0 Å². The molecule has 6 heteroatoms. The van der Waals surface area contributed by atoms with E-state index in [9.17, 15) is 4.79 Å². The Bertz CT molecular complexity index is 705. The first-order valence-corrected chi connectivity index (χ1v) is 8.67. The van der Waals surface area contributed by atoms with Crippen molar-refractivity contribution in [1.29, 1.82) is 0 Å². The molecule has 2 aromatic rings. The standard InChI is InChI=1S/C19H25N3O3/c1-14-18(15(2)25-20-14)13-24-17-7-5-16(6-8-17)19(23)22-10-4-9-21(3)11-12-22/h5-8H,4,9-13H2,1-3H3. The third-order valence-electron chi connectivity index (χ3n) is 4.67. The van der Waals surface area contributed by atoms with E-state index in [0.717, 1.165) is 55.4 Å². The van der Waals surface area contributed by atoms with Gasteiger partial charge in [0.2, 0.25) is 0 Å². The molecular weight excluding hydrogens is 318 g/mol. The van der Waals surface area contributed by atoms with Gasteiger partial charge >= 0.3 is 0 Å². The van der Waals surface area contributed by atoms with Crippen molar-refractivity contribution in [2.75, 3.05) is 33.2 Å². The maximum Gasteiger partial charge on any atom is 0.253 e. The maximum absolute atomic E-state index is 12.7. The minimum atomic E-state index is 0.0903. The van der Waals surface area contributed by atoms with Crippen LogP contribution in [-0.4, -0.2) is 54.1 Å². The molecular formula is C19H25N3O3. The molecule has 0 spiro atoms. The second kappa shape index (κ2) is 7.70. The lowest BCUT2D eigenvalue weighted by Gasteiger charge is -2.20. The zero-order chi connectivity index (χ0) is 17.8. The van der Waals surface area contributed by atoms with Crippen LogP contribution in [0.15, 0.2) is 28.8 Å². The van der Waals surface area contributed by atoms with Crippen molar-refractivity contribution in [1.82, 2.24) is 15.0 Å². The SMILES string of the molecule is Cc1noc(C)c1COc1ccc(C(=O)N2CCCN(C)CC2)cc1. The van der Waals surface area contributed by atoms with E-state index in [0.29, 0.717) is 12.2 Å². The number of amides is 1. The van der Waals surface area contributed by atoms with Crippen LogP contribution in [0.25, 0.3) is 0 Å². The highest BCUT2D eigenvalue weighted by atomic mass is 16.5. The van der Waals surface area contributed by atoms with Crippen molar-refractivity contribution in [2.24, 2.45) is 0 Å². The molecule has 0 aliphatic carbocycles. The molecule has 0 saturated carbocycles. The number of aryl methyl sites for hydroxylation is 2. The van der Waals surface area contributed by atoms with Gasteiger partial charge in [-0.25, -0.2) is 0 Å². The summed E-state index contributed by atoms with van der Waals surface area (Å²) in [5, 5.41) is 3.92. The average molecular weight is 343 g/mol. The van der Waals surface area contributed by atoms with Crippen LogP contribution in [0.5, 0.6) is 5.75 Å². The van der Waals surface area contributed by atoms with Crippen LogP contribution in [0.2, 0.25) is 0 Å². The number of rotatable bonds is 4. The van der Waals surface area contributed by atoms with Gasteiger partial charge in [-0.3, -0.25) is 4.79 Å². The summed E-state index contributed by atoms with van der Waals surface area (Å²) in [4.78, 5) is 16.8. The van der Waals surface area contributed by atoms with Crippen molar-refractivity contribution in [3.05, 3.63) is 46.8 Å². The lowest BCUT2D eigenvalue weighted by atomic mass is 10.2. The smallest absolute Gasteiger partial charge is 0.253 e. The molecule has 1 aliphatic rings. The predicted octanol–water partition coefficient (Wildman–Crippen LogP) is 2.65. The van der Waals surface area contributed by atoms with Crippen LogP contribution in [0.1, 0.15) is 33.8 Å². The summed E-state index contributed by atoms with van der Waals surface area (Å²) in [5.74, 6) is 1.59. The Morgan fingerprint density at radius 2 is 1.92 bits per heavy atom. The summed E-state index contributed by atoms with van der Waals surface area (Å²) < 4.78 is 10.9. The lowest BCUT2D eigenvalue weighted by Crippen LogP contribution is -2.34. The molecule has 134 valence electrons. The van der Waals surface area contributed by atoms with Crippen LogP contribution >= 0.6 is 0 Å². The summed E-state index contributed by atoms with van der Waals surface area (Å²) in [7, 11) is 2.10. The number of carbonyl (C=O) groups is 1. The van der Waals surface area contributed by atoms with Crippen molar-refractivity contribution in [3.63, 3.8) is 0 Å². The van der Waals surface area contributed by atoms with Gasteiger partial charge in [-0.15, -0.1) is 0 Å². The Morgan fingerprint density at radius 3 is 2.60 bits per heavy atom. The molecule has 1 aliphatic heterocycles. The predicted molar refractivity (Wildman–Crippen MR) is 94.8 cm³/mol. The summed E-state index contributed by atoms with van der Waals surface area (Å²) in [6.07, 6.45) is 1.01. The number of likely N-dealkylation sites (N-methyl/N-ethyl adjacent to an activating group) is 1. The van der Waals surface area contributed by atoms with Crippen LogP contribution in [0, 0.1) is 13.8 Å². The van der Waals surface area contributed by atoms with Crippen molar-refractivity contribution in [2.45, 2.75) is 26.9 Å². The Hall–Kier alpha value is -2.34. The summed E-state index contributed by atoms with van der Waals surface area (Å²) in [6.45, 7) is 7.73. The second-order valence-corrected chi connectivity index (χ2v) is 6.56. The summed E-state index contributed by atoms with van der Waals surface area (Å²) in [6, 6.07) is 7.35. The first-order chi connectivity index (χ1) is 12.0. The van der Waals surface area contributed by atoms with Crippen molar-refractivity contribution in [3.8, 4) is 5.75 Å². The largest absolute Gasteiger partial charge is 0.489 e. The van der Waals surface area contributed by atoms with Gasteiger partial charge in [-0.1, -0.05) is 5.16 Å². The van der Waals surface area contributed by atoms with E-state index in [-0.39, 0.29) is 5.91 Å². The summed E-state index contributed by atoms with van der Waals surface area (Å²) >= 11 is 0. The van der Waals surface area contributed by atoms with Gasteiger partial charge < -0.3 is 19.1 Å². The maximum atomic E-state index is 12.7. The van der Waals surface area contributed by atoms with Gasteiger partial charge in [0, 0.05) is 25.2 Å². The van der Waals surface area contributed by atoms with E-state index in [1.165, 1.54) is 0 Å². The molecule has 1 saturated heterocycles. The number of benzene rings is 1. The topological polar surface area (TPSA) is 58.8 Å². The zero-order valence-corrected chi connectivity index (χ0v) is 15.1. The molecule has 2 heterocycles. The van der Waals surface area contributed by atoms with Gasteiger partial charge in [0.25, 0.3) is 5.91 Å². The number of ether oxygens (including phenoxy) is 1. The van der Waals surface area contributed by atoms with E-state index >= 15 is 0 Å². The van der Waals surface area contributed by atoms with E-state index < -0.39 is 0 Å². The molecule has 0 radical (unpaired) electrons. The van der Waals surface area contributed by atoms with E-state index in [2.05, 4.69) is 17.1 Å². The average Bonchev–Trinajstić information content (AvgIpc) is 2.80. The lowest BCUT2D eigenvalue weighted by molar-refractivity contribution is 0.0763. The van der Waals surface area contributed by atoms with E-state index in [4.69, 9.17) is 9.26 Å². The molecule has 1 fully saturated rings. The fraction of sp³-hybridized carbons (Fsp3) is 0.474. The molecule has 0 atom stereocenters. The van der Waals surface area contributed by atoms with Gasteiger partial charge in [0.15, 0.2) is 0 Å². The number of hydrogen-bond acceptors (Lipinski definition) is 5. The Kier molecular flexibility index (Phi) is 5.38. The quantitative estimate of drug-likeness (QED) is 0.854. The Labute approximate surface area is 148 Å². The van der Waals surface area contributed by atoms with Crippen LogP contribution < -0.4 is 4.74 Å². The normalized spacial score (nSPS) is 15.9. The van der Waals surface area contributed by atoms with Gasteiger partial charge in [-0.05, 0) is 58.1 Å². The van der Waals surface area contributed by atoms with Crippen molar-refractivity contribution >= 4 is 5.91 Å². The first-order valence-electron chi connectivity index (χ1n) is 8.67. The second-order valence-electron chi connectivity index (χ2n) is 6.56. The van der Waals surface area contributed by atoms with E-state index in [1.54, 1.807) is 0 Å². The molecule has 1 aromatic heterocycles. The van der Waals surface area contributed by atoms with Gasteiger partial charge in [0.1, 0.15) is 18.1 Å². The third kappa shape index (κ3) is 4.20. The fourth-order valence-electron chi connectivity index (χ4n) is 2.99. The van der Waals surface area contributed by atoms with Crippen LogP contribution in [0.4, 0.5) is 0 Å². The molecule has 3 rings (SSSR count). The third-order valence-corrected chi connectivity index (χ3v) is 4.67. The highest BCUT2D eigenvalue weighted by Gasteiger charge is 2.19. The first kappa shape index (κ1) is 17.5. The highest BCUT2D eigenvalue weighted by molar-refractivity contribution is 5.94. The highest BCUT2D eigenvalue weighted by Crippen LogP contribution is 2.19. The number of nitrogens with zero attached hydrogens (tertiary/aromatic N) is 3. The van der Waals surface area contributed by atoms with Crippen LogP contribution in [-0.2, 0) is 6.61 Å². The van der Waals surface area contributed by atoms with Crippen LogP contribution in [0.3, 0.4) is 0 Å². The number of carbonyl (C=O) groups excluding carboxylic acids is 1. The van der Waals surface area contributed by atoms with Gasteiger partial charge in [-0.2, -0.15) is 0 Å². The Balaban J connectivity index is 1.60. The minimum absolute atomic E-state index is 0.0903. The van der Waals surface area contributed by atoms with Crippen molar-refractivity contribution < 1.29 is 14.1 Å². The Morgan fingerprint density at radius 1 is 1.16 bits per heavy atom. The monoisotopic (exact) mass is 343 g/mol. The van der Waals surface area contributed by atoms with Gasteiger partial charge in [0.05, 0.1) is 11.3 Å². The zero-order valence-electron chi connectivity index (χ0n) is 15.1. The number of hydrogen-bond donors (Lipinski definition) is 0. The molecule has 0 bridgehead atoms.